The lowest BCUT2D eigenvalue weighted by Gasteiger charge is -2.08. The normalized spacial score (nSPS) is 11.5. The highest BCUT2D eigenvalue weighted by atomic mass is 19.4. The molecule has 2 heterocycles. The van der Waals surface area contributed by atoms with E-state index in [0.717, 1.165) is 18.3 Å². The van der Waals surface area contributed by atoms with Crippen LogP contribution < -0.4 is 5.32 Å². The number of pyridine rings is 1. The number of anilines is 1. The third kappa shape index (κ3) is 2.96. The van der Waals surface area contributed by atoms with Crippen LogP contribution in [0.1, 0.15) is 11.4 Å². The fourth-order valence-corrected chi connectivity index (χ4v) is 1.27. The van der Waals surface area contributed by atoms with Crippen LogP contribution in [0, 0.1) is 0 Å². The van der Waals surface area contributed by atoms with Crippen LogP contribution in [-0.4, -0.2) is 15.0 Å². The van der Waals surface area contributed by atoms with Gasteiger partial charge in [-0.05, 0) is 12.1 Å². The Hall–Kier alpha value is -2.05. The first-order chi connectivity index (χ1) is 8.05. The maximum atomic E-state index is 12.4. The Labute approximate surface area is 94.9 Å². The molecule has 0 bridgehead atoms. The molecule has 0 aliphatic carbocycles. The van der Waals surface area contributed by atoms with Gasteiger partial charge < -0.3 is 10.3 Å². The highest BCUT2D eigenvalue weighted by molar-refractivity contribution is 5.38. The number of halogens is 3. The molecule has 2 aromatic heterocycles. The summed E-state index contributed by atoms with van der Waals surface area (Å²) >= 11 is 0. The second-order valence-corrected chi connectivity index (χ2v) is 3.32. The van der Waals surface area contributed by atoms with Crippen molar-refractivity contribution >= 4 is 5.82 Å². The van der Waals surface area contributed by atoms with Gasteiger partial charge in [0.25, 0.3) is 0 Å². The zero-order valence-electron chi connectivity index (χ0n) is 8.62. The fraction of sp³-hybridized carbons (Fsp3) is 0.200. The van der Waals surface area contributed by atoms with Crippen LogP contribution >= 0.6 is 0 Å². The molecule has 2 N–H and O–H groups in total. The lowest BCUT2D eigenvalue weighted by atomic mass is 10.2. The number of rotatable bonds is 3. The van der Waals surface area contributed by atoms with E-state index in [0.29, 0.717) is 12.4 Å². The van der Waals surface area contributed by atoms with Gasteiger partial charge >= 0.3 is 6.18 Å². The van der Waals surface area contributed by atoms with Gasteiger partial charge in [0.15, 0.2) is 0 Å². The van der Waals surface area contributed by atoms with Gasteiger partial charge in [-0.2, -0.15) is 13.2 Å². The van der Waals surface area contributed by atoms with Crippen molar-refractivity contribution in [2.24, 2.45) is 0 Å². The number of H-pyrrole nitrogens is 1. The number of imidazole rings is 1. The summed E-state index contributed by atoms with van der Waals surface area (Å²) in [6.45, 7) is 0.293. The van der Waals surface area contributed by atoms with Crippen molar-refractivity contribution in [3.63, 3.8) is 0 Å². The summed E-state index contributed by atoms with van der Waals surface area (Å²) in [5.41, 5.74) is -0.727. The molecular formula is C10H9F3N4. The van der Waals surface area contributed by atoms with Crippen molar-refractivity contribution in [3.05, 3.63) is 42.1 Å². The first kappa shape index (κ1) is 11.4. The predicted octanol–water partition coefficient (Wildman–Crippen LogP) is 2.44. The summed E-state index contributed by atoms with van der Waals surface area (Å²) in [5, 5.41) is 2.75. The SMILES string of the molecule is FC(F)(F)c1ccnc(NCc2ncc[nH]2)c1. The second-order valence-electron chi connectivity index (χ2n) is 3.32. The zero-order chi connectivity index (χ0) is 12.3. The maximum Gasteiger partial charge on any atom is 0.416 e. The van der Waals surface area contributed by atoms with E-state index < -0.39 is 11.7 Å². The molecule has 0 aliphatic rings. The quantitative estimate of drug-likeness (QED) is 0.869. The monoisotopic (exact) mass is 242 g/mol. The third-order valence-electron chi connectivity index (χ3n) is 2.08. The molecule has 0 fully saturated rings. The molecule has 0 spiro atoms. The summed E-state index contributed by atoms with van der Waals surface area (Å²) in [4.78, 5) is 10.6. The van der Waals surface area contributed by atoms with E-state index in [2.05, 4.69) is 20.3 Å². The van der Waals surface area contributed by atoms with Gasteiger partial charge in [0.05, 0.1) is 12.1 Å². The Morgan fingerprint density at radius 1 is 1.24 bits per heavy atom. The van der Waals surface area contributed by atoms with Crippen LogP contribution in [0.25, 0.3) is 0 Å². The Balaban J connectivity index is 2.07. The number of aromatic nitrogens is 3. The van der Waals surface area contributed by atoms with Crippen LogP contribution in [0.3, 0.4) is 0 Å². The van der Waals surface area contributed by atoms with E-state index in [1.807, 2.05) is 0 Å². The van der Waals surface area contributed by atoms with Crippen LogP contribution in [0.15, 0.2) is 30.7 Å². The lowest BCUT2D eigenvalue weighted by molar-refractivity contribution is -0.137. The second kappa shape index (κ2) is 4.44. The van der Waals surface area contributed by atoms with E-state index in [1.54, 1.807) is 12.4 Å². The summed E-state index contributed by atoms with van der Waals surface area (Å²) in [5.74, 6) is 0.792. The van der Waals surface area contributed by atoms with Crippen LogP contribution in [-0.2, 0) is 12.7 Å². The number of alkyl halides is 3. The number of hydrogen-bond donors (Lipinski definition) is 2. The number of nitrogens with zero attached hydrogens (tertiary/aromatic N) is 2. The molecule has 2 rings (SSSR count). The van der Waals surface area contributed by atoms with Gasteiger partial charge in [0, 0.05) is 18.6 Å². The Bertz CT molecular complexity index is 479. The smallest absolute Gasteiger partial charge is 0.363 e. The predicted molar refractivity (Wildman–Crippen MR) is 55.2 cm³/mol. The lowest BCUT2D eigenvalue weighted by Crippen LogP contribution is -2.08. The van der Waals surface area contributed by atoms with Crippen LogP contribution in [0.4, 0.5) is 19.0 Å². The van der Waals surface area contributed by atoms with E-state index >= 15 is 0 Å². The van der Waals surface area contributed by atoms with Crippen LogP contribution in [0.5, 0.6) is 0 Å². The first-order valence-electron chi connectivity index (χ1n) is 4.81. The zero-order valence-corrected chi connectivity index (χ0v) is 8.62. The Morgan fingerprint density at radius 2 is 2.06 bits per heavy atom. The summed E-state index contributed by atoms with van der Waals surface area (Å²) in [6, 6.07) is 1.89. The molecule has 17 heavy (non-hydrogen) atoms. The molecule has 0 radical (unpaired) electrons. The van der Waals surface area contributed by atoms with Gasteiger partial charge in [-0.25, -0.2) is 9.97 Å². The number of aromatic amines is 1. The maximum absolute atomic E-state index is 12.4. The minimum absolute atomic E-state index is 0.163. The summed E-state index contributed by atoms with van der Waals surface area (Å²) < 4.78 is 37.2. The molecule has 0 saturated heterocycles. The molecule has 90 valence electrons. The Kier molecular flexibility index (Phi) is 2.99. The molecule has 0 amide bonds. The largest absolute Gasteiger partial charge is 0.416 e. The van der Waals surface area contributed by atoms with E-state index in [9.17, 15) is 13.2 Å². The first-order valence-corrected chi connectivity index (χ1v) is 4.81. The minimum Gasteiger partial charge on any atom is -0.363 e. The van der Waals surface area contributed by atoms with E-state index in [-0.39, 0.29) is 5.82 Å². The molecule has 7 heteroatoms. The number of hydrogen-bond acceptors (Lipinski definition) is 3. The molecule has 4 nitrogen and oxygen atoms in total. The molecule has 2 aromatic rings. The van der Waals surface area contributed by atoms with E-state index in [4.69, 9.17) is 0 Å². The van der Waals surface area contributed by atoms with Crippen molar-refractivity contribution < 1.29 is 13.2 Å². The molecule has 0 aromatic carbocycles. The molecule has 0 aliphatic heterocycles. The van der Waals surface area contributed by atoms with Gasteiger partial charge in [0.1, 0.15) is 11.6 Å². The fourth-order valence-electron chi connectivity index (χ4n) is 1.27. The van der Waals surface area contributed by atoms with Crippen molar-refractivity contribution in [2.45, 2.75) is 12.7 Å². The highest BCUT2D eigenvalue weighted by Gasteiger charge is 2.30. The van der Waals surface area contributed by atoms with Crippen LogP contribution in [0.2, 0.25) is 0 Å². The molecule has 0 unspecified atom stereocenters. The molecule has 0 saturated carbocycles. The van der Waals surface area contributed by atoms with E-state index in [1.165, 1.54) is 0 Å². The highest BCUT2D eigenvalue weighted by Crippen LogP contribution is 2.29. The van der Waals surface area contributed by atoms with Gasteiger partial charge in [-0.3, -0.25) is 0 Å². The average molecular weight is 242 g/mol. The number of nitrogens with one attached hydrogen (secondary N) is 2. The van der Waals surface area contributed by atoms with Gasteiger partial charge in [-0.1, -0.05) is 0 Å². The van der Waals surface area contributed by atoms with Crippen molar-refractivity contribution in [2.75, 3.05) is 5.32 Å². The van der Waals surface area contributed by atoms with Crippen molar-refractivity contribution in [1.82, 2.24) is 15.0 Å². The van der Waals surface area contributed by atoms with Gasteiger partial charge in [0.2, 0.25) is 0 Å². The third-order valence-corrected chi connectivity index (χ3v) is 2.08. The van der Waals surface area contributed by atoms with Gasteiger partial charge in [-0.15, -0.1) is 0 Å². The Morgan fingerprint density at radius 3 is 2.71 bits per heavy atom. The summed E-state index contributed by atoms with van der Waals surface area (Å²) in [7, 11) is 0. The standard InChI is InChI=1S/C10H9F3N4/c11-10(12,13)7-1-2-14-8(5-7)17-6-9-15-3-4-16-9/h1-5H,6H2,(H,14,17)(H,15,16). The molecular weight excluding hydrogens is 233 g/mol. The van der Waals surface area contributed by atoms with Crippen molar-refractivity contribution in [3.8, 4) is 0 Å². The summed E-state index contributed by atoms with van der Waals surface area (Å²) in [6.07, 6.45) is -0.0372. The topological polar surface area (TPSA) is 53.6 Å². The molecule has 0 atom stereocenters. The minimum atomic E-state index is -4.36. The average Bonchev–Trinajstić information content (AvgIpc) is 2.78. The van der Waals surface area contributed by atoms with Crippen molar-refractivity contribution in [1.29, 1.82) is 0 Å².